The maximum absolute atomic E-state index is 13.6. The number of halogens is 2. The lowest BCUT2D eigenvalue weighted by Crippen LogP contribution is -2.50. The van der Waals surface area contributed by atoms with Crippen LogP contribution in [0.2, 0.25) is 0 Å². The molecule has 0 atom stereocenters. The van der Waals surface area contributed by atoms with Crippen molar-refractivity contribution in [1.82, 2.24) is 5.32 Å². The molecule has 112 valence electrons. The van der Waals surface area contributed by atoms with Crippen LogP contribution in [-0.4, -0.2) is 18.1 Å². The molecule has 0 radical (unpaired) electrons. The lowest BCUT2D eigenvalue weighted by atomic mass is 9.83. The predicted molar refractivity (Wildman–Crippen MR) is 79.2 cm³/mol. The van der Waals surface area contributed by atoms with E-state index in [0.717, 1.165) is 19.3 Å². The van der Waals surface area contributed by atoms with E-state index >= 15 is 0 Å². The molecule has 1 aliphatic carbocycles. The van der Waals surface area contributed by atoms with Crippen molar-refractivity contribution in [3.05, 3.63) is 28.5 Å². The maximum Gasteiger partial charge on any atom is 0.259 e. The van der Waals surface area contributed by atoms with Gasteiger partial charge in [0.2, 0.25) is 0 Å². The zero-order valence-electron chi connectivity index (χ0n) is 11.5. The molecule has 0 spiro atoms. The van der Waals surface area contributed by atoms with Gasteiger partial charge in [0.15, 0.2) is 18.2 Å². The first-order chi connectivity index (χ1) is 10.0. The Morgan fingerprint density at radius 1 is 1.43 bits per heavy atom. The van der Waals surface area contributed by atoms with Crippen molar-refractivity contribution in [1.29, 1.82) is 5.26 Å². The molecular formula is C15H16BrFN2O2. The zero-order chi connectivity index (χ0) is 15.3. The third-order valence-corrected chi connectivity index (χ3v) is 4.05. The zero-order valence-corrected chi connectivity index (χ0v) is 13.1. The average molecular weight is 355 g/mol. The second-order valence-electron chi connectivity index (χ2n) is 5.17. The standard InChI is InChI=1S/C15H16BrFN2O2/c16-11-4-5-13(12(17)8-11)21-9-14(20)19-15(10-18)6-2-1-3-7-15/h4-5,8H,1-3,6-7,9H2,(H,19,20). The fourth-order valence-electron chi connectivity index (χ4n) is 2.46. The lowest BCUT2D eigenvalue weighted by Gasteiger charge is -2.31. The van der Waals surface area contributed by atoms with Crippen molar-refractivity contribution in [2.45, 2.75) is 37.6 Å². The Balaban J connectivity index is 1.91. The van der Waals surface area contributed by atoms with E-state index < -0.39 is 17.3 Å². The fraction of sp³-hybridized carbons (Fsp3) is 0.467. The van der Waals surface area contributed by atoms with Crippen molar-refractivity contribution >= 4 is 21.8 Å². The molecule has 1 aromatic rings. The number of benzene rings is 1. The van der Waals surface area contributed by atoms with Crippen LogP contribution in [0.3, 0.4) is 0 Å². The smallest absolute Gasteiger partial charge is 0.259 e. The molecule has 4 nitrogen and oxygen atoms in total. The summed E-state index contributed by atoms with van der Waals surface area (Å²) < 4.78 is 19.3. The number of carbonyl (C=O) groups is 1. The van der Waals surface area contributed by atoms with Crippen LogP contribution >= 0.6 is 15.9 Å². The highest BCUT2D eigenvalue weighted by atomic mass is 79.9. The van der Waals surface area contributed by atoms with Gasteiger partial charge in [-0.1, -0.05) is 35.2 Å². The third-order valence-electron chi connectivity index (χ3n) is 3.55. The highest BCUT2D eigenvalue weighted by molar-refractivity contribution is 9.10. The van der Waals surface area contributed by atoms with E-state index in [1.54, 1.807) is 6.07 Å². The molecule has 0 heterocycles. The van der Waals surface area contributed by atoms with Gasteiger partial charge in [-0.05, 0) is 31.0 Å². The maximum atomic E-state index is 13.6. The molecule has 0 aliphatic heterocycles. The van der Waals surface area contributed by atoms with Crippen LogP contribution in [-0.2, 0) is 4.79 Å². The first-order valence-corrected chi connectivity index (χ1v) is 7.64. The number of hydrogen-bond acceptors (Lipinski definition) is 3. The van der Waals surface area contributed by atoms with Crippen molar-refractivity contribution in [2.75, 3.05) is 6.61 Å². The molecule has 6 heteroatoms. The summed E-state index contributed by atoms with van der Waals surface area (Å²) in [6.45, 7) is -0.304. The Kier molecular flexibility index (Phi) is 5.18. The van der Waals surface area contributed by atoms with Crippen LogP contribution < -0.4 is 10.1 Å². The monoisotopic (exact) mass is 354 g/mol. The number of hydrogen-bond donors (Lipinski definition) is 1. The van der Waals surface area contributed by atoms with E-state index in [-0.39, 0.29) is 12.4 Å². The summed E-state index contributed by atoms with van der Waals surface area (Å²) in [6, 6.07) is 6.55. The predicted octanol–water partition coefficient (Wildman–Crippen LogP) is 3.31. The molecule has 0 saturated heterocycles. The molecule has 0 bridgehead atoms. The van der Waals surface area contributed by atoms with Gasteiger partial charge in [0, 0.05) is 4.47 Å². The molecule has 1 N–H and O–H groups in total. The summed E-state index contributed by atoms with van der Waals surface area (Å²) in [7, 11) is 0. The van der Waals surface area contributed by atoms with Crippen LogP contribution in [0.5, 0.6) is 5.75 Å². The summed E-state index contributed by atoms with van der Waals surface area (Å²) in [6.07, 6.45) is 4.25. The molecule has 0 unspecified atom stereocenters. The van der Waals surface area contributed by atoms with Gasteiger partial charge in [0.25, 0.3) is 5.91 Å². The van der Waals surface area contributed by atoms with Crippen LogP contribution in [0.1, 0.15) is 32.1 Å². The molecule has 1 aliphatic rings. The number of ether oxygens (including phenoxy) is 1. The summed E-state index contributed by atoms with van der Waals surface area (Å²) in [5.74, 6) is -0.923. The second kappa shape index (κ2) is 6.90. The lowest BCUT2D eigenvalue weighted by molar-refractivity contribution is -0.124. The molecule has 21 heavy (non-hydrogen) atoms. The Bertz CT molecular complexity index is 565. The van der Waals surface area contributed by atoms with Crippen molar-refractivity contribution in [3.8, 4) is 11.8 Å². The topological polar surface area (TPSA) is 62.1 Å². The summed E-state index contributed by atoms with van der Waals surface area (Å²) in [5.41, 5.74) is -0.795. The molecule has 2 rings (SSSR count). The number of nitriles is 1. The van der Waals surface area contributed by atoms with Crippen molar-refractivity contribution < 1.29 is 13.9 Å². The second-order valence-corrected chi connectivity index (χ2v) is 6.08. The Morgan fingerprint density at radius 3 is 2.76 bits per heavy atom. The molecular weight excluding hydrogens is 339 g/mol. The highest BCUT2D eigenvalue weighted by Crippen LogP contribution is 2.27. The van der Waals surface area contributed by atoms with Gasteiger partial charge >= 0.3 is 0 Å². The molecule has 1 fully saturated rings. The quantitative estimate of drug-likeness (QED) is 0.901. The minimum absolute atomic E-state index is 0.0167. The van der Waals surface area contributed by atoms with E-state index in [1.165, 1.54) is 12.1 Å². The van der Waals surface area contributed by atoms with Gasteiger partial charge in [-0.25, -0.2) is 4.39 Å². The number of carbonyl (C=O) groups excluding carboxylic acids is 1. The van der Waals surface area contributed by atoms with Gasteiger partial charge in [0.1, 0.15) is 5.54 Å². The molecule has 1 amide bonds. The van der Waals surface area contributed by atoms with Crippen LogP contribution in [0, 0.1) is 17.1 Å². The number of nitrogens with one attached hydrogen (secondary N) is 1. The molecule has 0 aromatic heterocycles. The summed E-state index contributed by atoms with van der Waals surface area (Å²) in [4.78, 5) is 11.9. The Morgan fingerprint density at radius 2 is 2.14 bits per heavy atom. The average Bonchev–Trinajstić information content (AvgIpc) is 2.47. The van der Waals surface area contributed by atoms with Gasteiger partial charge in [0.05, 0.1) is 6.07 Å². The van der Waals surface area contributed by atoms with Crippen LogP contribution in [0.4, 0.5) is 4.39 Å². The SMILES string of the molecule is N#CC1(NC(=O)COc2ccc(Br)cc2F)CCCCC1. The first kappa shape index (κ1) is 15.8. The Hall–Kier alpha value is -1.61. The fourth-order valence-corrected chi connectivity index (χ4v) is 2.79. The van der Waals surface area contributed by atoms with E-state index in [0.29, 0.717) is 17.3 Å². The van der Waals surface area contributed by atoms with Gasteiger partial charge in [-0.15, -0.1) is 0 Å². The normalized spacial score (nSPS) is 16.8. The highest BCUT2D eigenvalue weighted by Gasteiger charge is 2.33. The minimum Gasteiger partial charge on any atom is -0.481 e. The minimum atomic E-state index is -0.795. The first-order valence-electron chi connectivity index (χ1n) is 6.85. The summed E-state index contributed by atoms with van der Waals surface area (Å²) in [5, 5.41) is 12.0. The molecule has 1 aromatic carbocycles. The Labute approximate surface area is 131 Å². The number of rotatable bonds is 4. The van der Waals surface area contributed by atoms with Crippen LogP contribution in [0.25, 0.3) is 0 Å². The van der Waals surface area contributed by atoms with Crippen LogP contribution in [0.15, 0.2) is 22.7 Å². The van der Waals surface area contributed by atoms with Gasteiger partial charge in [-0.3, -0.25) is 4.79 Å². The van der Waals surface area contributed by atoms with Crippen molar-refractivity contribution in [3.63, 3.8) is 0 Å². The van der Waals surface area contributed by atoms with E-state index in [2.05, 4.69) is 27.3 Å². The summed E-state index contributed by atoms with van der Waals surface area (Å²) >= 11 is 3.15. The largest absolute Gasteiger partial charge is 0.481 e. The third kappa shape index (κ3) is 4.18. The van der Waals surface area contributed by atoms with Crippen molar-refractivity contribution in [2.24, 2.45) is 0 Å². The number of amides is 1. The van der Waals surface area contributed by atoms with E-state index in [1.807, 2.05) is 0 Å². The number of nitrogens with zero attached hydrogens (tertiary/aromatic N) is 1. The van der Waals surface area contributed by atoms with E-state index in [4.69, 9.17) is 4.74 Å². The van der Waals surface area contributed by atoms with Gasteiger partial charge in [-0.2, -0.15) is 5.26 Å². The molecule has 1 saturated carbocycles. The van der Waals surface area contributed by atoms with E-state index in [9.17, 15) is 14.4 Å². The van der Waals surface area contributed by atoms with Gasteiger partial charge < -0.3 is 10.1 Å².